The second kappa shape index (κ2) is 4.71. The largest absolute Gasteiger partial charge is 0.478 e. The highest BCUT2D eigenvalue weighted by molar-refractivity contribution is 7.99. The van der Waals surface area contributed by atoms with E-state index in [0.29, 0.717) is 11.0 Å². The lowest BCUT2D eigenvalue weighted by Gasteiger charge is -1.95. The standard InChI is InChI=1S/C8H9NO3S/c1-6(4-7(10)11)5-13-8-9-2-3-12-8/h2-4H,5H2,1H3,(H,10,11)/b6-4-. The molecule has 0 unspecified atom stereocenters. The second-order valence-corrected chi connectivity index (χ2v) is 3.34. The number of carboxylic acid groups (broad SMARTS) is 1. The van der Waals surface area contributed by atoms with Crippen LogP contribution >= 0.6 is 11.8 Å². The van der Waals surface area contributed by atoms with Gasteiger partial charge in [-0.15, -0.1) is 0 Å². The molecule has 1 aromatic heterocycles. The van der Waals surface area contributed by atoms with Crippen molar-refractivity contribution < 1.29 is 14.3 Å². The first-order valence-electron chi connectivity index (χ1n) is 3.61. The molecule has 0 fully saturated rings. The molecule has 0 saturated heterocycles. The highest BCUT2D eigenvalue weighted by Gasteiger charge is 2.00. The van der Waals surface area contributed by atoms with Gasteiger partial charge >= 0.3 is 5.97 Å². The summed E-state index contributed by atoms with van der Waals surface area (Å²) in [6.07, 6.45) is 4.22. The van der Waals surface area contributed by atoms with E-state index in [2.05, 4.69) is 4.98 Å². The van der Waals surface area contributed by atoms with Crippen LogP contribution in [0.5, 0.6) is 0 Å². The number of thioether (sulfide) groups is 1. The molecule has 1 heterocycles. The van der Waals surface area contributed by atoms with Crippen LogP contribution in [0.15, 0.2) is 33.7 Å². The van der Waals surface area contributed by atoms with Gasteiger partial charge < -0.3 is 9.52 Å². The maximum atomic E-state index is 10.2. The maximum Gasteiger partial charge on any atom is 0.328 e. The Morgan fingerprint density at radius 3 is 3.15 bits per heavy atom. The molecule has 0 aliphatic heterocycles. The van der Waals surface area contributed by atoms with Crippen molar-refractivity contribution in [2.24, 2.45) is 0 Å². The molecule has 0 aromatic carbocycles. The highest BCUT2D eigenvalue weighted by Crippen LogP contribution is 2.17. The fourth-order valence-corrected chi connectivity index (χ4v) is 1.40. The van der Waals surface area contributed by atoms with Crippen LogP contribution in [-0.2, 0) is 4.79 Å². The van der Waals surface area contributed by atoms with Gasteiger partial charge in [0.05, 0.1) is 6.20 Å². The van der Waals surface area contributed by atoms with Gasteiger partial charge in [0.2, 0.25) is 0 Å². The molecular weight excluding hydrogens is 190 g/mol. The Morgan fingerprint density at radius 2 is 2.62 bits per heavy atom. The second-order valence-electron chi connectivity index (χ2n) is 2.42. The van der Waals surface area contributed by atoms with Crippen LogP contribution in [-0.4, -0.2) is 21.8 Å². The predicted octanol–water partition coefficient (Wildman–Crippen LogP) is 1.80. The minimum Gasteiger partial charge on any atom is -0.478 e. The van der Waals surface area contributed by atoms with Gasteiger partial charge in [0.15, 0.2) is 0 Å². The summed E-state index contributed by atoms with van der Waals surface area (Å²) in [7, 11) is 0. The van der Waals surface area contributed by atoms with Gasteiger partial charge in [-0.05, 0) is 6.92 Å². The van der Waals surface area contributed by atoms with E-state index >= 15 is 0 Å². The van der Waals surface area contributed by atoms with Crippen molar-refractivity contribution in [2.75, 3.05) is 5.75 Å². The molecule has 1 N–H and O–H groups in total. The Hall–Kier alpha value is -1.23. The molecule has 0 aliphatic rings. The van der Waals surface area contributed by atoms with Gasteiger partial charge in [-0.25, -0.2) is 9.78 Å². The van der Waals surface area contributed by atoms with Crippen molar-refractivity contribution in [1.29, 1.82) is 0 Å². The van der Waals surface area contributed by atoms with Gasteiger partial charge in [-0.3, -0.25) is 0 Å². The fourth-order valence-electron chi connectivity index (χ4n) is 0.710. The quantitative estimate of drug-likeness (QED) is 0.591. The molecule has 5 heteroatoms. The molecule has 1 aromatic rings. The third-order valence-corrected chi connectivity index (χ3v) is 2.25. The van der Waals surface area contributed by atoms with Crippen LogP contribution in [0.25, 0.3) is 0 Å². The van der Waals surface area contributed by atoms with Crippen LogP contribution < -0.4 is 0 Å². The summed E-state index contributed by atoms with van der Waals surface area (Å²) in [5.74, 6) is -0.349. The zero-order chi connectivity index (χ0) is 9.68. The molecule has 0 radical (unpaired) electrons. The van der Waals surface area contributed by atoms with Crippen molar-refractivity contribution >= 4 is 17.7 Å². The fraction of sp³-hybridized carbons (Fsp3) is 0.250. The molecule has 1 rings (SSSR count). The van der Waals surface area contributed by atoms with Crippen LogP contribution in [0.1, 0.15) is 6.92 Å². The molecule has 0 bridgehead atoms. The molecule has 13 heavy (non-hydrogen) atoms. The molecule has 0 spiro atoms. The van der Waals surface area contributed by atoms with E-state index in [0.717, 1.165) is 5.57 Å². The molecule has 0 aliphatic carbocycles. The monoisotopic (exact) mass is 199 g/mol. The SMILES string of the molecule is C/C(=C/C(=O)O)CSc1ncco1. The Bertz CT molecular complexity index is 305. The Morgan fingerprint density at radius 1 is 1.85 bits per heavy atom. The topological polar surface area (TPSA) is 63.3 Å². The van der Waals surface area contributed by atoms with Crippen molar-refractivity contribution in [3.63, 3.8) is 0 Å². The lowest BCUT2D eigenvalue weighted by Crippen LogP contribution is -1.91. The van der Waals surface area contributed by atoms with Gasteiger partial charge in [0.25, 0.3) is 5.22 Å². The van der Waals surface area contributed by atoms with Crippen molar-refractivity contribution in [3.05, 3.63) is 24.1 Å². The van der Waals surface area contributed by atoms with Gasteiger partial charge in [0.1, 0.15) is 6.26 Å². The third kappa shape index (κ3) is 3.80. The number of hydrogen-bond donors (Lipinski definition) is 1. The summed E-state index contributed by atoms with van der Waals surface area (Å²) in [6.45, 7) is 1.75. The van der Waals surface area contributed by atoms with Crippen LogP contribution in [0.4, 0.5) is 0 Å². The van der Waals surface area contributed by atoms with E-state index in [-0.39, 0.29) is 0 Å². The highest BCUT2D eigenvalue weighted by atomic mass is 32.2. The summed E-state index contributed by atoms with van der Waals surface area (Å²) < 4.78 is 4.97. The zero-order valence-corrected chi connectivity index (χ0v) is 7.87. The number of rotatable bonds is 4. The van der Waals surface area contributed by atoms with Crippen molar-refractivity contribution in [3.8, 4) is 0 Å². The van der Waals surface area contributed by atoms with E-state index in [4.69, 9.17) is 9.52 Å². The number of carboxylic acids is 1. The molecule has 0 atom stereocenters. The summed E-state index contributed by atoms with van der Waals surface area (Å²) in [5, 5.41) is 8.97. The molecule has 0 amide bonds. The summed E-state index contributed by atoms with van der Waals surface area (Å²) in [5.41, 5.74) is 0.774. The van der Waals surface area contributed by atoms with Gasteiger partial charge in [0, 0.05) is 11.8 Å². The Kier molecular flexibility index (Phi) is 3.57. The van der Waals surface area contributed by atoms with Gasteiger partial charge in [-0.1, -0.05) is 17.3 Å². The lowest BCUT2D eigenvalue weighted by atomic mass is 10.3. The van der Waals surface area contributed by atoms with E-state index < -0.39 is 5.97 Å². The molecule has 4 nitrogen and oxygen atoms in total. The summed E-state index contributed by atoms with van der Waals surface area (Å²) in [6, 6.07) is 0. The van der Waals surface area contributed by atoms with Crippen LogP contribution in [0.3, 0.4) is 0 Å². The molecular formula is C8H9NO3S. The number of carbonyl (C=O) groups is 1. The first-order chi connectivity index (χ1) is 6.18. The van der Waals surface area contributed by atoms with Crippen LogP contribution in [0.2, 0.25) is 0 Å². The predicted molar refractivity (Wildman–Crippen MR) is 48.6 cm³/mol. The number of nitrogens with zero attached hydrogens (tertiary/aromatic N) is 1. The smallest absolute Gasteiger partial charge is 0.328 e. The summed E-state index contributed by atoms with van der Waals surface area (Å²) in [4.78, 5) is 14.1. The average molecular weight is 199 g/mol. The normalized spacial score (nSPS) is 11.6. The molecule has 0 saturated carbocycles. The van der Waals surface area contributed by atoms with E-state index in [1.54, 1.807) is 13.1 Å². The van der Waals surface area contributed by atoms with E-state index in [1.807, 2.05) is 0 Å². The minimum atomic E-state index is -0.925. The maximum absolute atomic E-state index is 10.2. The average Bonchev–Trinajstić information content (AvgIpc) is 2.51. The Balaban J connectivity index is 2.39. The van der Waals surface area contributed by atoms with E-state index in [1.165, 1.54) is 24.1 Å². The molecule has 70 valence electrons. The van der Waals surface area contributed by atoms with Crippen LogP contribution in [0, 0.1) is 0 Å². The summed E-state index contributed by atoms with van der Waals surface area (Å²) >= 11 is 1.37. The number of aromatic nitrogens is 1. The van der Waals surface area contributed by atoms with Crippen molar-refractivity contribution in [1.82, 2.24) is 4.98 Å². The third-order valence-electron chi connectivity index (χ3n) is 1.20. The number of aliphatic carboxylic acids is 1. The first-order valence-corrected chi connectivity index (χ1v) is 4.59. The Labute approximate surface area is 79.7 Å². The van der Waals surface area contributed by atoms with Gasteiger partial charge in [-0.2, -0.15) is 0 Å². The zero-order valence-electron chi connectivity index (χ0n) is 7.06. The van der Waals surface area contributed by atoms with E-state index in [9.17, 15) is 4.79 Å². The van der Waals surface area contributed by atoms with Crippen molar-refractivity contribution in [2.45, 2.75) is 12.1 Å². The number of oxazole rings is 1. The first kappa shape index (κ1) is 9.85. The minimum absolute atomic E-state index is 0.554. The lowest BCUT2D eigenvalue weighted by molar-refractivity contribution is -0.131. The number of hydrogen-bond acceptors (Lipinski definition) is 4.